The lowest BCUT2D eigenvalue weighted by atomic mass is 10.0. The molecule has 182 valence electrons. The van der Waals surface area contributed by atoms with Gasteiger partial charge in [-0.3, -0.25) is 4.57 Å². The Kier molecular flexibility index (Phi) is 4.02. The molecule has 0 aliphatic carbocycles. The summed E-state index contributed by atoms with van der Waals surface area (Å²) in [7, 11) is 0. The van der Waals surface area contributed by atoms with E-state index in [0.717, 1.165) is 33.3 Å². The Morgan fingerprint density at radius 3 is 1.97 bits per heavy atom. The minimum Gasteiger partial charge on any atom is -0.423 e. The molecular weight excluding hydrogens is 478 g/mol. The molecule has 9 rings (SSSR count). The van der Waals surface area contributed by atoms with Crippen LogP contribution in [0, 0.1) is 0 Å². The van der Waals surface area contributed by atoms with Crippen LogP contribution in [0.5, 0.6) is 0 Å². The van der Waals surface area contributed by atoms with Crippen LogP contribution in [0.1, 0.15) is 0 Å². The quantitative estimate of drug-likeness (QED) is 0.238. The summed E-state index contributed by atoms with van der Waals surface area (Å²) in [5, 5.41) is 7.22. The zero-order valence-electron chi connectivity index (χ0n) is 20.9. The van der Waals surface area contributed by atoms with Crippen LogP contribution < -0.4 is 0 Å². The van der Waals surface area contributed by atoms with Crippen molar-refractivity contribution >= 4 is 65.5 Å². The maximum Gasteiger partial charge on any atom is 0.307 e. The minimum atomic E-state index is 0.574. The third-order valence-corrected chi connectivity index (χ3v) is 7.94. The summed E-state index contributed by atoms with van der Waals surface area (Å²) in [6, 6.07) is 45.4. The number of nitrogens with zero attached hydrogens (tertiary/aromatic N) is 3. The predicted molar refractivity (Wildman–Crippen MR) is 160 cm³/mol. The largest absolute Gasteiger partial charge is 0.423 e. The lowest BCUT2D eigenvalue weighted by Crippen LogP contribution is -1.99. The first kappa shape index (κ1) is 20.7. The van der Waals surface area contributed by atoms with Gasteiger partial charge in [0, 0.05) is 32.6 Å². The standard InChI is InChI=1S/C35H21N3O/c1-2-11-23(12-3-1)37-32-24-13-5-4-10-22(24)18-19-27(32)28-21-20-26-25-14-6-8-16-30(25)38(34(26)33(28)37)35-36-29-15-7-9-17-31(29)39-35/h1-21H. The van der Waals surface area contributed by atoms with Gasteiger partial charge in [0.25, 0.3) is 0 Å². The Bertz CT molecular complexity index is 2360. The van der Waals surface area contributed by atoms with Crippen LogP contribution in [0.3, 0.4) is 0 Å². The van der Waals surface area contributed by atoms with Crippen molar-refractivity contribution in [3.05, 3.63) is 127 Å². The molecule has 0 aliphatic rings. The number of rotatable bonds is 2. The Labute approximate surface area is 222 Å². The second-order valence-electron chi connectivity index (χ2n) is 10.0. The van der Waals surface area contributed by atoms with Gasteiger partial charge in [0.15, 0.2) is 5.58 Å². The van der Waals surface area contributed by atoms with Crippen molar-refractivity contribution in [2.75, 3.05) is 0 Å². The van der Waals surface area contributed by atoms with Gasteiger partial charge in [-0.25, -0.2) is 0 Å². The van der Waals surface area contributed by atoms with Crippen molar-refractivity contribution in [3.8, 4) is 11.7 Å². The lowest BCUT2D eigenvalue weighted by molar-refractivity contribution is 0.574. The van der Waals surface area contributed by atoms with Crippen molar-refractivity contribution in [1.29, 1.82) is 0 Å². The number of oxazole rings is 1. The summed E-state index contributed by atoms with van der Waals surface area (Å²) in [6.45, 7) is 0. The maximum absolute atomic E-state index is 6.41. The van der Waals surface area contributed by atoms with Gasteiger partial charge < -0.3 is 8.98 Å². The van der Waals surface area contributed by atoms with Crippen LogP contribution in [-0.4, -0.2) is 14.1 Å². The summed E-state index contributed by atoms with van der Waals surface area (Å²) in [5.74, 6) is 0. The molecule has 0 atom stereocenters. The van der Waals surface area contributed by atoms with Crippen LogP contribution in [-0.2, 0) is 0 Å². The second-order valence-corrected chi connectivity index (χ2v) is 10.0. The fourth-order valence-electron chi connectivity index (χ4n) is 6.30. The smallest absolute Gasteiger partial charge is 0.307 e. The highest BCUT2D eigenvalue weighted by molar-refractivity contribution is 6.26. The molecule has 3 heterocycles. The van der Waals surface area contributed by atoms with E-state index >= 15 is 0 Å². The third-order valence-electron chi connectivity index (χ3n) is 7.94. The molecule has 0 unspecified atom stereocenters. The number of aromatic nitrogens is 3. The molecule has 0 fully saturated rings. The number of benzene rings is 6. The molecule has 0 radical (unpaired) electrons. The highest BCUT2D eigenvalue weighted by Crippen LogP contribution is 2.43. The third kappa shape index (κ3) is 2.75. The minimum absolute atomic E-state index is 0.574. The summed E-state index contributed by atoms with van der Waals surface area (Å²) >= 11 is 0. The van der Waals surface area contributed by atoms with E-state index in [1.54, 1.807) is 0 Å². The van der Waals surface area contributed by atoms with E-state index in [-0.39, 0.29) is 0 Å². The molecule has 0 spiro atoms. The maximum atomic E-state index is 6.41. The van der Waals surface area contributed by atoms with E-state index in [0.29, 0.717) is 6.01 Å². The molecule has 0 aliphatic heterocycles. The summed E-state index contributed by atoms with van der Waals surface area (Å²) in [5.41, 5.74) is 7.25. The number of fused-ring (bicyclic) bond motifs is 10. The van der Waals surface area contributed by atoms with E-state index in [1.165, 1.54) is 37.8 Å². The molecule has 0 amide bonds. The molecule has 0 saturated carbocycles. The number of hydrogen-bond donors (Lipinski definition) is 0. The van der Waals surface area contributed by atoms with Crippen molar-refractivity contribution in [2.24, 2.45) is 0 Å². The first-order valence-corrected chi connectivity index (χ1v) is 13.2. The molecule has 0 saturated heterocycles. The molecule has 0 N–H and O–H groups in total. The van der Waals surface area contributed by atoms with Crippen molar-refractivity contribution < 1.29 is 4.42 Å². The highest BCUT2D eigenvalue weighted by Gasteiger charge is 2.23. The molecule has 3 aromatic heterocycles. The monoisotopic (exact) mass is 499 g/mol. The average Bonchev–Trinajstić information content (AvgIpc) is 3.67. The Morgan fingerprint density at radius 1 is 0.462 bits per heavy atom. The van der Waals surface area contributed by atoms with Gasteiger partial charge in [-0.05, 0) is 35.7 Å². The van der Waals surface area contributed by atoms with Gasteiger partial charge in [-0.15, -0.1) is 0 Å². The van der Waals surface area contributed by atoms with Crippen LogP contribution >= 0.6 is 0 Å². The topological polar surface area (TPSA) is 35.9 Å². The fourth-order valence-corrected chi connectivity index (χ4v) is 6.30. The SMILES string of the molecule is c1ccc(-n2c3c4ccccc4ccc3c3ccc4c5ccccc5n(-c5nc6ccccc6o5)c4c32)cc1. The molecule has 9 aromatic rings. The Balaban J connectivity index is 1.58. The summed E-state index contributed by atoms with van der Waals surface area (Å²) < 4.78 is 11.0. The van der Waals surface area contributed by atoms with E-state index < -0.39 is 0 Å². The molecule has 0 bridgehead atoms. The van der Waals surface area contributed by atoms with Gasteiger partial charge in [-0.1, -0.05) is 97.1 Å². The lowest BCUT2D eigenvalue weighted by Gasteiger charge is -2.11. The zero-order chi connectivity index (χ0) is 25.5. The second kappa shape index (κ2) is 7.59. The van der Waals surface area contributed by atoms with Crippen LogP contribution in [0.2, 0.25) is 0 Å². The van der Waals surface area contributed by atoms with Crippen molar-refractivity contribution in [3.63, 3.8) is 0 Å². The Morgan fingerprint density at radius 2 is 1.10 bits per heavy atom. The summed E-state index contributed by atoms with van der Waals surface area (Å²) in [4.78, 5) is 4.96. The molecule has 6 aromatic carbocycles. The van der Waals surface area contributed by atoms with E-state index in [4.69, 9.17) is 9.40 Å². The first-order chi connectivity index (χ1) is 19.4. The number of para-hydroxylation sites is 4. The normalized spacial score (nSPS) is 12.1. The zero-order valence-corrected chi connectivity index (χ0v) is 20.9. The molecule has 4 nitrogen and oxygen atoms in total. The summed E-state index contributed by atoms with van der Waals surface area (Å²) in [6.07, 6.45) is 0. The van der Waals surface area contributed by atoms with E-state index in [9.17, 15) is 0 Å². The van der Waals surface area contributed by atoms with Gasteiger partial charge in [0.05, 0.1) is 22.1 Å². The van der Waals surface area contributed by atoms with Crippen LogP contribution in [0.15, 0.2) is 132 Å². The first-order valence-electron chi connectivity index (χ1n) is 13.2. The van der Waals surface area contributed by atoms with Crippen molar-refractivity contribution in [2.45, 2.75) is 0 Å². The number of hydrogen-bond acceptors (Lipinski definition) is 2. The van der Waals surface area contributed by atoms with E-state index in [1.807, 2.05) is 24.3 Å². The molecule has 4 heteroatoms. The predicted octanol–water partition coefficient (Wildman–Crippen LogP) is 9.18. The highest BCUT2D eigenvalue weighted by atomic mass is 16.4. The van der Waals surface area contributed by atoms with Gasteiger partial charge >= 0.3 is 6.01 Å². The average molecular weight is 500 g/mol. The molecule has 39 heavy (non-hydrogen) atoms. The van der Waals surface area contributed by atoms with E-state index in [2.05, 4.69) is 112 Å². The Hall–Kier alpha value is -5.35. The van der Waals surface area contributed by atoms with Crippen LogP contribution in [0.4, 0.5) is 0 Å². The van der Waals surface area contributed by atoms with Gasteiger partial charge in [0.2, 0.25) is 0 Å². The van der Waals surface area contributed by atoms with Gasteiger partial charge in [0.1, 0.15) is 5.52 Å². The van der Waals surface area contributed by atoms with Gasteiger partial charge in [-0.2, -0.15) is 4.98 Å². The fraction of sp³-hybridized carbons (Fsp3) is 0. The molecular formula is C35H21N3O. The van der Waals surface area contributed by atoms with Crippen LogP contribution in [0.25, 0.3) is 77.2 Å². The van der Waals surface area contributed by atoms with Crippen molar-refractivity contribution in [1.82, 2.24) is 14.1 Å².